The first kappa shape index (κ1) is 15.1. The number of anilines is 1. The summed E-state index contributed by atoms with van der Waals surface area (Å²) in [4.78, 5) is 8.29. The number of aromatic nitrogens is 2. The largest absolute Gasteiger partial charge is 0.497 e. The Kier molecular flexibility index (Phi) is 4.02. The molecule has 0 aliphatic rings. The van der Waals surface area contributed by atoms with Gasteiger partial charge in [0.2, 0.25) is 5.88 Å². The van der Waals surface area contributed by atoms with Crippen LogP contribution >= 0.6 is 0 Å². The summed E-state index contributed by atoms with van der Waals surface area (Å²) in [5.74, 6) is 2.95. The molecule has 0 radical (unpaired) electrons. The van der Waals surface area contributed by atoms with Crippen LogP contribution in [-0.4, -0.2) is 17.1 Å². The number of nitrogen functional groups attached to an aromatic ring is 1. The van der Waals surface area contributed by atoms with Crippen LogP contribution in [0.25, 0.3) is 0 Å². The molecule has 2 N–H and O–H groups in total. The molecule has 0 aliphatic carbocycles. The van der Waals surface area contributed by atoms with E-state index in [2.05, 4.69) is 30.7 Å². The minimum Gasteiger partial charge on any atom is -0.497 e. The maximum Gasteiger partial charge on any atom is 0.224 e. The van der Waals surface area contributed by atoms with Crippen LogP contribution < -0.4 is 15.2 Å². The lowest BCUT2D eigenvalue weighted by atomic mass is 9.86. The van der Waals surface area contributed by atoms with Crippen LogP contribution in [0, 0.1) is 6.92 Å². The van der Waals surface area contributed by atoms with Gasteiger partial charge in [-0.2, -0.15) is 4.98 Å². The summed E-state index contributed by atoms with van der Waals surface area (Å²) in [5, 5.41) is 0. The topological polar surface area (TPSA) is 70.3 Å². The second-order valence-corrected chi connectivity index (χ2v) is 5.89. The van der Waals surface area contributed by atoms with Gasteiger partial charge in [-0.05, 0) is 30.5 Å². The molecule has 0 spiro atoms. The lowest BCUT2D eigenvalue weighted by Gasteiger charge is -2.23. The molecule has 0 saturated carbocycles. The second kappa shape index (κ2) is 5.60. The van der Waals surface area contributed by atoms with Gasteiger partial charge in [0.1, 0.15) is 23.1 Å². The van der Waals surface area contributed by atoms with Gasteiger partial charge in [-0.3, -0.25) is 0 Å². The first-order chi connectivity index (χ1) is 9.79. The van der Waals surface area contributed by atoms with Crippen LogP contribution in [0.1, 0.15) is 32.2 Å². The van der Waals surface area contributed by atoms with E-state index in [1.165, 1.54) is 0 Å². The van der Waals surface area contributed by atoms with Gasteiger partial charge in [0.05, 0.1) is 7.11 Å². The van der Waals surface area contributed by atoms with E-state index in [1.54, 1.807) is 20.1 Å². The SMILES string of the molecule is COc1ccc(Oc2cc(N)nc(C)n2)c(C(C)(C)C)c1. The van der Waals surface area contributed by atoms with Crippen LogP contribution in [0.3, 0.4) is 0 Å². The molecule has 2 aromatic rings. The molecule has 0 atom stereocenters. The number of methoxy groups -OCH3 is 1. The van der Waals surface area contributed by atoms with Gasteiger partial charge in [-0.15, -0.1) is 0 Å². The monoisotopic (exact) mass is 287 g/mol. The molecular formula is C16H21N3O2. The summed E-state index contributed by atoms with van der Waals surface area (Å²) in [5.41, 5.74) is 6.68. The molecule has 1 heterocycles. The van der Waals surface area contributed by atoms with E-state index < -0.39 is 0 Å². The van der Waals surface area contributed by atoms with Crippen molar-refractivity contribution < 1.29 is 9.47 Å². The van der Waals surface area contributed by atoms with Crippen LogP contribution in [0.5, 0.6) is 17.4 Å². The molecule has 2 rings (SSSR count). The summed E-state index contributed by atoms with van der Waals surface area (Å²) in [6.07, 6.45) is 0. The van der Waals surface area contributed by atoms with Gasteiger partial charge in [0.25, 0.3) is 0 Å². The summed E-state index contributed by atoms with van der Waals surface area (Å²) in [6, 6.07) is 7.34. The number of hydrogen-bond acceptors (Lipinski definition) is 5. The summed E-state index contributed by atoms with van der Waals surface area (Å²) in [6.45, 7) is 8.14. The van der Waals surface area contributed by atoms with Crippen molar-refractivity contribution in [2.45, 2.75) is 33.1 Å². The molecule has 0 fully saturated rings. The predicted octanol–water partition coefficient (Wildman–Crippen LogP) is 3.47. The first-order valence-corrected chi connectivity index (χ1v) is 6.77. The number of rotatable bonds is 3. The molecule has 1 aromatic heterocycles. The highest BCUT2D eigenvalue weighted by molar-refractivity contribution is 5.46. The van der Waals surface area contributed by atoms with Crippen molar-refractivity contribution in [1.29, 1.82) is 0 Å². The van der Waals surface area contributed by atoms with Gasteiger partial charge in [-0.25, -0.2) is 4.98 Å². The highest BCUT2D eigenvalue weighted by atomic mass is 16.5. The van der Waals surface area contributed by atoms with Gasteiger partial charge in [0.15, 0.2) is 0 Å². The van der Waals surface area contributed by atoms with Crippen molar-refractivity contribution >= 4 is 5.82 Å². The molecule has 0 saturated heterocycles. The zero-order valence-electron chi connectivity index (χ0n) is 13.1. The van der Waals surface area contributed by atoms with Crippen molar-refractivity contribution in [3.8, 4) is 17.4 Å². The fraction of sp³-hybridized carbons (Fsp3) is 0.375. The fourth-order valence-corrected chi connectivity index (χ4v) is 2.04. The lowest BCUT2D eigenvalue weighted by molar-refractivity contribution is 0.405. The molecule has 0 amide bonds. The van der Waals surface area contributed by atoms with Crippen molar-refractivity contribution in [2.24, 2.45) is 0 Å². The quantitative estimate of drug-likeness (QED) is 0.936. The van der Waals surface area contributed by atoms with Crippen LogP contribution in [-0.2, 0) is 5.41 Å². The van der Waals surface area contributed by atoms with Crippen molar-refractivity contribution in [2.75, 3.05) is 12.8 Å². The van der Waals surface area contributed by atoms with Gasteiger partial charge < -0.3 is 15.2 Å². The fourth-order valence-electron chi connectivity index (χ4n) is 2.04. The Labute approximate surface area is 125 Å². The van der Waals surface area contributed by atoms with E-state index in [1.807, 2.05) is 18.2 Å². The number of aryl methyl sites for hydroxylation is 1. The van der Waals surface area contributed by atoms with E-state index in [4.69, 9.17) is 15.2 Å². The lowest BCUT2D eigenvalue weighted by Crippen LogP contribution is -2.13. The standard InChI is InChI=1S/C16H21N3O2/c1-10-18-14(17)9-15(19-10)21-13-7-6-11(20-5)8-12(13)16(2,3)4/h6-9H,1-5H3,(H2,17,18,19). The van der Waals surface area contributed by atoms with E-state index in [0.717, 1.165) is 17.1 Å². The van der Waals surface area contributed by atoms with E-state index in [-0.39, 0.29) is 5.41 Å². The smallest absolute Gasteiger partial charge is 0.224 e. The Hall–Kier alpha value is -2.30. The molecule has 1 aromatic carbocycles. The van der Waals surface area contributed by atoms with E-state index in [0.29, 0.717) is 17.5 Å². The maximum atomic E-state index is 5.91. The van der Waals surface area contributed by atoms with E-state index in [9.17, 15) is 0 Å². The molecule has 0 bridgehead atoms. The Balaban J connectivity index is 2.43. The number of nitrogens with zero attached hydrogens (tertiary/aromatic N) is 2. The Morgan fingerprint density at radius 3 is 2.38 bits per heavy atom. The third-order valence-corrected chi connectivity index (χ3v) is 3.04. The Bertz CT molecular complexity index is 628. The van der Waals surface area contributed by atoms with Crippen molar-refractivity contribution in [3.05, 3.63) is 35.7 Å². The Morgan fingerprint density at radius 2 is 1.81 bits per heavy atom. The zero-order chi connectivity index (χ0) is 15.6. The summed E-state index contributed by atoms with van der Waals surface area (Å²) >= 11 is 0. The number of benzene rings is 1. The van der Waals surface area contributed by atoms with Crippen LogP contribution in [0.15, 0.2) is 24.3 Å². The average Bonchev–Trinajstić information content (AvgIpc) is 2.36. The molecular weight excluding hydrogens is 266 g/mol. The first-order valence-electron chi connectivity index (χ1n) is 6.77. The van der Waals surface area contributed by atoms with Gasteiger partial charge in [-0.1, -0.05) is 20.8 Å². The van der Waals surface area contributed by atoms with Crippen LogP contribution in [0.4, 0.5) is 5.82 Å². The maximum absolute atomic E-state index is 5.91. The minimum absolute atomic E-state index is 0.0858. The van der Waals surface area contributed by atoms with Gasteiger partial charge >= 0.3 is 0 Å². The van der Waals surface area contributed by atoms with Crippen molar-refractivity contribution in [3.63, 3.8) is 0 Å². The van der Waals surface area contributed by atoms with E-state index >= 15 is 0 Å². The van der Waals surface area contributed by atoms with Crippen LogP contribution in [0.2, 0.25) is 0 Å². The number of hydrogen-bond donors (Lipinski definition) is 1. The molecule has 0 unspecified atom stereocenters. The normalized spacial score (nSPS) is 11.3. The van der Waals surface area contributed by atoms with Gasteiger partial charge in [0, 0.05) is 11.6 Å². The zero-order valence-corrected chi connectivity index (χ0v) is 13.1. The molecule has 5 heteroatoms. The Morgan fingerprint density at radius 1 is 1.10 bits per heavy atom. The highest BCUT2D eigenvalue weighted by Crippen LogP contribution is 2.36. The van der Waals surface area contributed by atoms with Crippen molar-refractivity contribution in [1.82, 2.24) is 9.97 Å². The molecule has 112 valence electrons. The molecule has 5 nitrogen and oxygen atoms in total. The number of ether oxygens (including phenoxy) is 2. The molecule has 0 aliphatic heterocycles. The minimum atomic E-state index is -0.0858. The molecule has 21 heavy (non-hydrogen) atoms. The highest BCUT2D eigenvalue weighted by Gasteiger charge is 2.20. The number of nitrogens with two attached hydrogens (primary N) is 1. The summed E-state index contributed by atoms with van der Waals surface area (Å²) in [7, 11) is 1.65. The second-order valence-electron chi connectivity index (χ2n) is 5.89. The average molecular weight is 287 g/mol. The predicted molar refractivity (Wildman–Crippen MR) is 82.9 cm³/mol. The summed E-state index contributed by atoms with van der Waals surface area (Å²) < 4.78 is 11.2. The third kappa shape index (κ3) is 3.62. The third-order valence-electron chi connectivity index (χ3n) is 3.04.